The van der Waals surface area contributed by atoms with Gasteiger partial charge in [0.25, 0.3) is 0 Å². The zero-order valence-corrected chi connectivity index (χ0v) is 13.1. The SMILES string of the molecule is CN1CCC[C@]2(CCN(C(=O)[C@@H]3CCCCC(=O)N3)C2)C1. The summed E-state index contributed by atoms with van der Waals surface area (Å²) in [6.45, 7) is 4.02. The Hall–Kier alpha value is -1.10. The van der Waals surface area contributed by atoms with Crippen LogP contribution in [-0.2, 0) is 9.59 Å². The molecule has 0 saturated carbocycles. The summed E-state index contributed by atoms with van der Waals surface area (Å²) in [6.07, 6.45) is 6.83. The van der Waals surface area contributed by atoms with Crippen molar-refractivity contribution in [3.8, 4) is 0 Å². The van der Waals surface area contributed by atoms with E-state index in [4.69, 9.17) is 0 Å². The number of likely N-dealkylation sites (tertiary alicyclic amines) is 2. The maximum absolute atomic E-state index is 12.7. The molecule has 3 fully saturated rings. The second kappa shape index (κ2) is 5.95. The number of nitrogens with one attached hydrogen (secondary N) is 1. The first-order valence-corrected chi connectivity index (χ1v) is 8.35. The van der Waals surface area contributed by atoms with Crippen LogP contribution in [0.4, 0.5) is 0 Å². The maximum Gasteiger partial charge on any atom is 0.245 e. The average Bonchev–Trinajstić information content (AvgIpc) is 2.71. The molecular weight excluding hydrogens is 266 g/mol. The van der Waals surface area contributed by atoms with Gasteiger partial charge in [-0.3, -0.25) is 9.59 Å². The molecular formula is C16H27N3O2. The number of piperidine rings is 1. The zero-order chi connectivity index (χ0) is 14.9. The Morgan fingerprint density at radius 2 is 2.05 bits per heavy atom. The van der Waals surface area contributed by atoms with Crippen LogP contribution >= 0.6 is 0 Å². The third-order valence-corrected chi connectivity index (χ3v) is 5.38. The highest BCUT2D eigenvalue weighted by Gasteiger charge is 2.43. The Bertz CT molecular complexity index is 426. The quantitative estimate of drug-likeness (QED) is 0.784. The molecule has 0 bridgehead atoms. The molecule has 5 nitrogen and oxygen atoms in total. The fraction of sp³-hybridized carbons (Fsp3) is 0.875. The molecule has 3 aliphatic heterocycles. The summed E-state index contributed by atoms with van der Waals surface area (Å²) >= 11 is 0. The van der Waals surface area contributed by atoms with E-state index in [0.29, 0.717) is 11.8 Å². The normalized spacial score (nSPS) is 34.8. The molecule has 3 rings (SSSR count). The standard InChI is InChI=1S/C16H27N3O2/c1-18-9-4-7-16(11-18)8-10-19(12-16)15(21)13-5-2-3-6-14(20)17-13/h13H,2-12H2,1H3,(H,17,20)/t13-,16-/m0/s1. The fourth-order valence-electron chi connectivity index (χ4n) is 4.29. The molecule has 0 unspecified atom stereocenters. The third-order valence-electron chi connectivity index (χ3n) is 5.38. The van der Waals surface area contributed by atoms with Gasteiger partial charge < -0.3 is 15.1 Å². The molecule has 3 heterocycles. The van der Waals surface area contributed by atoms with Crippen molar-refractivity contribution in [2.24, 2.45) is 5.41 Å². The summed E-state index contributed by atoms with van der Waals surface area (Å²) in [7, 11) is 2.18. The zero-order valence-electron chi connectivity index (χ0n) is 13.1. The van der Waals surface area contributed by atoms with Crippen molar-refractivity contribution in [2.45, 2.75) is 51.0 Å². The number of carbonyl (C=O) groups is 2. The second-order valence-electron chi connectivity index (χ2n) is 7.22. The highest BCUT2D eigenvalue weighted by atomic mass is 16.2. The van der Waals surface area contributed by atoms with E-state index in [1.54, 1.807) is 0 Å². The number of nitrogens with zero attached hydrogens (tertiary/aromatic N) is 2. The van der Waals surface area contributed by atoms with Crippen molar-refractivity contribution in [3.05, 3.63) is 0 Å². The van der Waals surface area contributed by atoms with Crippen molar-refractivity contribution in [1.82, 2.24) is 15.1 Å². The molecule has 0 aliphatic carbocycles. The minimum absolute atomic E-state index is 0.0390. The van der Waals surface area contributed by atoms with Crippen LogP contribution in [-0.4, -0.2) is 60.9 Å². The van der Waals surface area contributed by atoms with E-state index in [0.717, 1.165) is 45.3 Å². The smallest absolute Gasteiger partial charge is 0.245 e. The molecule has 0 aromatic carbocycles. The predicted octanol–water partition coefficient (Wildman–Crippen LogP) is 0.989. The fourth-order valence-corrected chi connectivity index (χ4v) is 4.29. The van der Waals surface area contributed by atoms with Gasteiger partial charge in [-0.25, -0.2) is 0 Å². The Balaban J connectivity index is 1.62. The van der Waals surface area contributed by atoms with Crippen LogP contribution in [0.25, 0.3) is 0 Å². The Labute approximate surface area is 127 Å². The molecule has 21 heavy (non-hydrogen) atoms. The minimum atomic E-state index is -0.281. The third kappa shape index (κ3) is 3.23. The lowest BCUT2D eigenvalue weighted by atomic mass is 9.79. The predicted molar refractivity (Wildman–Crippen MR) is 80.8 cm³/mol. The van der Waals surface area contributed by atoms with E-state index in [1.165, 1.54) is 19.4 Å². The highest BCUT2D eigenvalue weighted by Crippen LogP contribution is 2.38. The minimum Gasteiger partial charge on any atom is -0.344 e. The van der Waals surface area contributed by atoms with Gasteiger partial charge in [-0.05, 0) is 45.7 Å². The van der Waals surface area contributed by atoms with Gasteiger partial charge in [0.1, 0.15) is 6.04 Å². The molecule has 5 heteroatoms. The molecule has 3 aliphatic rings. The van der Waals surface area contributed by atoms with Crippen LogP contribution in [0.5, 0.6) is 0 Å². The Morgan fingerprint density at radius 3 is 2.86 bits per heavy atom. The molecule has 2 atom stereocenters. The van der Waals surface area contributed by atoms with Crippen molar-refractivity contribution in [1.29, 1.82) is 0 Å². The van der Waals surface area contributed by atoms with Gasteiger partial charge in [0.05, 0.1) is 0 Å². The molecule has 0 radical (unpaired) electrons. The van der Waals surface area contributed by atoms with Crippen LogP contribution in [0.3, 0.4) is 0 Å². The largest absolute Gasteiger partial charge is 0.344 e. The van der Waals surface area contributed by atoms with E-state index >= 15 is 0 Å². The van der Waals surface area contributed by atoms with Gasteiger partial charge in [0.2, 0.25) is 11.8 Å². The van der Waals surface area contributed by atoms with Gasteiger partial charge in [0.15, 0.2) is 0 Å². The summed E-state index contributed by atoms with van der Waals surface area (Å²) in [6, 6.07) is -0.281. The van der Waals surface area contributed by atoms with Crippen LogP contribution in [0, 0.1) is 5.41 Å². The van der Waals surface area contributed by atoms with Gasteiger partial charge in [-0.2, -0.15) is 0 Å². The summed E-state index contributed by atoms with van der Waals surface area (Å²) in [4.78, 5) is 28.8. The lowest BCUT2D eigenvalue weighted by Gasteiger charge is -2.38. The highest BCUT2D eigenvalue weighted by molar-refractivity contribution is 5.88. The maximum atomic E-state index is 12.7. The molecule has 3 saturated heterocycles. The van der Waals surface area contributed by atoms with Crippen LogP contribution in [0.15, 0.2) is 0 Å². The van der Waals surface area contributed by atoms with Crippen LogP contribution < -0.4 is 5.32 Å². The number of carbonyl (C=O) groups excluding carboxylic acids is 2. The Kier molecular flexibility index (Phi) is 4.20. The second-order valence-corrected chi connectivity index (χ2v) is 7.22. The van der Waals surface area contributed by atoms with E-state index in [1.807, 2.05) is 4.90 Å². The van der Waals surface area contributed by atoms with Crippen molar-refractivity contribution in [3.63, 3.8) is 0 Å². The molecule has 118 valence electrons. The molecule has 0 aromatic rings. The average molecular weight is 293 g/mol. The molecule has 2 amide bonds. The first-order valence-electron chi connectivity index (χ1n) is 8.35. The molecule has 0 aromatic heterocycles. The van der Waals surface area contributed by atoms with E-state index < -0.39 is 0 Å². The number of amides is 2. The lowest BCUT2D eigenvalue weighted by Crippen LogP contribution is -2.49. The first-order chi connectivity index (χ1) is 10.1. The first kappa shape index (κ1) is 14.8. The lowest BCUT2D eigenvalue weighted by molar-refractivity contribution is -0.135. The summed E-state index contributed by atoms with van der Waals surface area (Å²) in [5, 5.41) is 2.92. The number of rotatable bonds is 1. The van der Waals surface area contributed by atoms with Gasteiger partial charge in [-0.1, -0.05) is 6.42 Å². The van der Waals surface area contributed by atoms with Crippen molar-refractivity contribution < 1.29 is 9.59 Å². The number of hydrogen-bond acceptors (Lipinski definition) is 3. The van der Waals surface area contributed by atoms with E-state index in [2.05, 4.69) is 17.3 Å². The van der Waals surface area contributed by atoms with Crippen molar-refractivity contribution in [2.75, 3.05) is 33.2 Å². The van der Waals surface area contributed by atoms with E-state index in [9.17, 15) is 9.59 Å². The topological polar surface area (TPSA) is 52.7 Å². The summed E-state index contributed by atoms with van der Waals surface area (Å²) in [5.41, 5.74) is 0.303. The van der Waals surface area contributed by atoms with Gasteiger partial charge >= 0.3 is 0 Å². The molecule has 1 N–H and O–H groups in total. The molecule has 1 spiro atoms. The van der Waals surface area contributed by atoms with E-state index in [-0.39, 0.29) is 17.9 Å². The van der Waals surface area contributed by atoms with Crippen LogP contribution in [0.2, 0.25) is 0 Å². The summed E-state index contributed by atoms with van der Waals surface area (Å²) < 4.78 is 0. The Morgan fingerprint density at radius 1 is 1.19 bits per heavy atom. The van der Waals surface area contributed by atoms with Crippen LogP contribution in [0.1, 0.15) is 44.9 Å². The monoisotopic (exact) mass is 293 g/mol. The van der Waals surface area contributed by atoms with Gasteiger partial charge in [-0.15, -0.1) is 0 Å². The number of hydrogen-bond donors (Lipinski definition) is 1. The summed E-state index contributed by atoms with van der Waals surface area (Å²) in [5.74, 6) is 0.188. The van der Waals surface area contributed by atoms with Crippen molar-refractivity contribution >= 4 is 11.8 Å². The van der Waals surface area contributed by atoms with Gasteiger partial charge in [0, 0.05) is 31.5 Å².